The Morgan fingerprint density at radius 3 is 2.45 bits per heavy atom. The van der Waals surface area contributed by atoms with E-state index >= 15 is 0 Å². The number of ketones is 1. The Morgan fingerprint density at radius 2 is 1.80 bits per heavy atom. The number of carbonyl (C=O) groups excluding carboxylic acids is 2. The summed E-state index contributed by atoms with van der Waals surface area (Å²) in [6.45, 7) is 0. The Kier molecular flexibility index (Phi) is 3.84. The van der Waals surface area contributed by atoms with Crippen molar-refractivity contribution < 1.29 is 27.9 Å². The maximum Gasteiger partial charge on any atom is 0.373 e. The van der Waals surface area contributed by atoms with Gasteiger partial charge in [0.1, 0.15) is 0 Å². The summed E-state index contributed by atoms with van der Waals surface area (Å²) < 4.78 is 27.6. The summed E-state index contributed by atoms with van der Waals surface area (Å²) >= 11 is 0. The van der Waals surface area contributed by atoms with Crippen LogP contribution in [0.2, 0.25) is 0 Å². The SMILES string of the molecule is COC(=O)c1ccc(C(=O)c2ccc(F)c(OC)c2)o1. The van der Waals surface area contributed by atoms with Crippen LogP contribution in [0.15, 0.2) is 34.7 Å². The molecule has 0 fully saturated rings. The van der Waals surface area contributed by atoms with Gasteiger partial charge in [0.2, 0.25) is 11.5 Å². The van der Waals surface area contributed by atoms with E-state index in [1.54, 1.807) is 0 Å². The fourth-order valence-electron chi connectivity index (χ4n) is 1.61. The molecule has 0 atom stereocenters. The Balaban J connectivity index is 2.31. The molecule has 0 aliphatic carbocycles. The van der Waals surface area contributed by atoms with Crippen molar-refractivity contribution in [2.24, 2.45) is 0 Å². The number of hydrogen-bond donors (Lipinski definition) is 0. The van der Waals surface area contributed by atoms with Gasteiger partial charge in [0.25, 0.3) is 0 Å². The van der Waals surface area contributed by atoms with Crippen LogP contribution in [0.4, 0.5) is 4.39 Å². The van der Waals surface area contributed by atoms with Crippen LogP contribution in [0.5, 0.6) is 5.75 Å². The van der Waals surface area contributed by atoms with E-state index in [1.165, 1.54) is 38.5 Å². The molecule has 0 spiro atoms. The van der Waals surface area contributed by atoms with Gasteiger partial charge in [0, 0.05) is 5.56 Å². The van der Waals surface area contributed by atoms with Crippen molar-refractivity contribution in [3.63, 3.8) is 0 Å². The molecule has 2 rings (SSSR count). The summed E-state index contributed by atoms with van der Waals surface area (Å²) in [5, 5.41) is 0. The van der Waals surface area contributed by atoms with Crippen molar-refractivity contribution in [1.29, 1.82) is 0 Å². The summed E-state index contributed by atoms with van der Waals surface area (Å²) in [6, 6.07) is 6.37. The number of hydrogen-bond acceptors (Lipinski definition) is 5. The molecule has 0 saturated carbocycles. The molecule has 0 N–H and O–H groups in total. The zero-order valence-electron chi connectivity index (χ0n) is 10.8. The molecule has 6 heteroatoms. The highest BCUT2D eigenvalue weighted by Gasteiger charge is 2.18. The van der Waals surface area contributed by atoms with Crippen LogP contribution < -0.4 is 4.74 Å². The van der Waals surface area contributed by atoms with Crippen molar-refractivity contribution in [1.82, 2.24) is 0 Å². The summed E-state index contributed by atoms with van der Waals surface area (Å²) in [7, 11) is 2.51. The third-order valence-corrected chi connectivity index (χ3v) is 2.63. The minimum Gasteiger partial charge on any atom is -0.494 e. The summed E-state index contributed by atoms with van der Waals surface area (Å²) in [6.07, 6.45) is 0. The maximum absolute atomic E-state index is 13.3. The number of carbonyl (C=O) groups is 2. The minimum atomic E-state index is -0.680. The first-order valence-corrected chi connectivity index (χ1v) is 5.63. The number of ether oxygens (including phenoxy) is 2. The first-order chi connectivity index (χ1) is 9.56. The van der Waals surface area contributed by atoms with Crippen LogP contribution in [0.25, 0.3) is 0 Å². The second kappa shape index (κ2) is 5.56. The summed E-state index contributed by atoms with van der Waals surface area (Å²) in [5.41, 5.74) is 0.189. The first-order valence-electron chi connectivity index (χ1n) is 5.63. The third kappa shape index (κ3) is 2.54. The number of furan rings is 1. The molecule has 0 unspecified atom stereocenters. The second-order valence-corrected chi connectivity index (χ2v) is 3.83. The Morgan fingerprint density at radius 1 is 1.10 bits per heavy atom. The zero-order valence-corrected chi connectivity index (χ0v) is 10.8. The highest BCUT2D eigenvalue weighted by molar-refractivity contribution is 6.07. The van der Waals surface area contributed by atoms with E-state index in [0.29, 0.717) is 0 Å². The van der Waals surface area contributed by atoms with Gasteiger partial charge in [-0.05, 0) is 30.3 Å². The topological polar surface area (TPSA) is 65.7 Å². The van der Waals surface area contributed by atoms with Crippen LogP contribution in [-0.4, -0.2) is 26.0 Å². The molecule has 0 saturated heterocycles. The lowest BCUT2D eigenvalue weighted by atomic mass is 10.1. The first kappa shape index (κ1) is 13.8. The smallest absolute Gasteiger partial charge is 0.373 e. The molecule has 0 aliphatic heterocycles. The van der Waals surface area contributed by atoms with Gasteiger partial charge in [0.15, 0.2) is 17.3 Å². The predicted molar refractivity (Wildman–Crippen MR) is 66.4 cm³/mol. The van der Waals surface area contributed by atoms with Crippen LogP contribution >= 0.6 is 0 Å². The third-order valence-electron chi connectivity index (χ3n) is 2.63. The molecule has 1 heterocycles. The van der Waals surface area contributed by atoms with E-state index < -0.39 is 17.6 Å². The van der Waals surface area contributed by atoms with Crippen LogP contribution in [0, 0.1) is 5.82 Å². The fourth-order valence-corrected chi connectivity index (χ4v) is 1.61. The van der Waals surface area contributed by atoms with E-state index in [9.17, 15) is 14.0 Å². The Bertz CT molecular complexity index is 659. The molecule has 0 aliphatic rings. The molecule has 2 aromatic rings. The minimum absolute atomic E-state index is 0.0425. The van der Waals surface area contributed by atoms with Gasteiger partial charge in [-0.2, -0.15) is 0 Å². The zero-order chi connectivity index (χ0) is 14.7. The number of esters is 1. The molecule has 0 amide bonds. The van der Waals surface area contributed by atoms with Crippen LogP contribution in [0.3, 0.4) is 0 Å². The molecule has 0 radical (unpaired) electrons. The molecular weight excluding hydrogens is 267 g/mol. The summed E-state index contributed by atoms with van der Waals surface area (Å²) in [4.78, 5) is 23.4. The van der Waals surface area contributed by atoms with E-state index in [-0.39, 0.29) is 22.8 Å². The normalized spacial score (nSPS) is 10.2. The summed E-state index contributed by atoms with van der Waals surface area (Å²) in [5.74, 6) is -1.91. The lowest BCUT2D eigenvalue weighted by Crippen LogP contribution is -2.02. The molecule has 104 valence electrons. The predicted octanol–water partition coefficient (Wildman–Crippen LogP) is 2.44. The monoisotopic (exact) mass is 278 g/mol. The molecule has 1 aromatic heterocycles. The molecular formula is C14H11FO5. The lowest BCUT2D eigenvalue weighted by Gasteiger charge is -2.03. The standard InChI is InChI=1S/C14H11FO5/c1-18-12-7-8(3-4-9(12)15)13(16)10-5-6-11(20-10)14(17)19-2/h3-7H,1-2H3. The Labute approximate surface area is 113 Å². The van der Waals surface area contributed by atoms with E-state index in [2.05, 4.69) is 4.74 Å². The van der Waals surface area contributed by atoms with Crippen molar-refractivity contribution in [2.45, 2.75) is 0 Å². The van der Waals surface area contributed by atoms with Gasteiger partial charge in [-0.25, -0.2) is 9.18 Å². The Hall–Kier alpha value is -2.63. The molecule has 1 aromatic carbocycles. The van der Waals surface area contributed by atoms with Gasteiger partial charge >= 0.3 is 5.97 Å². The highest BCUT2D eigenvalue weighted by Crippen LogP contribution is 2.21. The molecule has 5 nitrogen and oxygen atoms in total. The number of halogens is 1. The van der Waals surface area contributed by atoms with E-state index in [0.717, 1.165) is 6.07 Å². The van der Waals surface area contributed by atoms with Crippen LogP contribution in [-0.2, 0) is 4.74 Å². The highest BCUT2D eigenvalue weighted by atomic mass is 19.1. The quantitative estimate of drug-likeness (QED) is 0.635. The van der Waals surface area contributed by atoms with Crippen molar-refractivity contribution in [3.8, 4) is 5.75 Å². The number of rotatable bonds is 4. The molecule has 0 bridgehead atoms. The van der Waals surface area contributed by atoms with Gasteiger partial charge in [-0.15, -0.1) is 0 Å². The average molecular weight is 278 g/mol. The number of benzene rings is 1. The number of methoxy groups -OCH3 is 2. The van der Waals surface area contributed by atoms with E-state index in [4.69, 9.17) is 9.15 Å². The fraction of sp³-hybridized carbons (Fsp3) is 0.143. The van der Waals surface area contributed by atoms with E-state index in [1.807, 2.05) is 0 Å². The average Bonchev–Trinajstić information content (AvgIpc) is 2.96. The lowest BCUT2D eigenvalue weighted by molar-refractivity contribution is 0.0563. The van der Waals surface area contributed by atoms with Crippen molar-refractivity contribution >= 4 is 11.8 Å². The van der Waals surface area contributed by atoms with Gasteiger partial charge < -0.3 is 13.9 Å². The van der Waals surface area contributed by atoms with Gasteiger partial charge in [-0.3, -0.25) is 4.79 Å². The maximum atomic E-state index is 13.3. The van der Waals surface area contributed by atoms with Crippen molar-refractivity contribution in [3.05, 3.63) is 53.2 Å². The van der Waals surface area contributed by atoms with Crippen LogP contribution in [0.1, 0.15) is 26.7 Å². The second-order valence-electron chi connectivity index (χ2n) is 3.83. The van der Waals surface area contributed by atoms with Crippen molar-refractivity contribution in [2.75, 3.05) is 14.2 Å². The van der Waals surface area contributed by atoms with Gasteiger partial charge in [0.05, 0.1) is 14.2 Å². The largest absolute Gasteiger partial charge is 0.494 e. The van der Waals surface area contributed by atoms with Gasteiger partial charge in [-0.1, -0.05) is 0 Å². The molecule has 20 heavy (non-hydrogen) atoms.